The topological polar surface area (TPSA) is 29.5 Å². The molecular formula is C12H10F3O2S+. The van der Waals surface area contributed by atoms with Gasteiger partial charge in [0.1, 0.15) is 6.61 Å². The highest BCUT2D eigenvalue weighted by molar-refractivity contribution is 7.27. The summed E-state index contributed by atoms with van der Waals surface area (Å²) in [5.74, 6) is 0. The number of hydrogen-bond donors (Lipinski definition) is 1. The molecule has 18 heavy (non-hydrogen) atoms. The van der Waals surface area contributed by atoms with Crippen molar-refractivity contribution in [2.24, 2.45) is 0 Å². The fourth-order valence-corrected chi connectivity index (χ4v) is 2.42. The molecule has 1 atom stereocenters. The van der Waals surface area contributed by atoms with Gasteiger partial charge >= 0.3 is 11.2 Å². The second-order valence-corrected chi connectivity index (χ2v) is 4.98. The van der Waals surface area contributed by atoms with Crippen LogP contribution in [0.4, 0.5) is 13.2 Å². The zero-order valence-electron chi connectivity index (χ0n) is 9.15. The Morgan fingerprint density at radius 1 is 1.06 bits per heavy atom. The van der Waals surface area contributed by atoms with E-state index in [1.807, 2.05) is 6.07 Å². The molecule has 2 aromatic rings. The third kappa shape index (κ3) is 2.83. The molecule has 6 heteroatoms. The van der Waals surface area contributed by atoms with Crippen molar-refractivity contribution in [1.82, 2.24) is 0 Å². The summed E-state index contributed by atoms with van der Waals surface area (Å²) in [5.41, 5.74) is 0.829. The average molecular weight is 275 g/mol. The molecule has 1 aromatic heterocycles. The summed E-state index contributed by atoms with van der Waals surface area (Å²) in [7, 11) is -2.02. The first-order chi connectivity index (χ1) is 8.48. The van der Waals surface area contributed by atoms with Gasteiger partial charge in [0.05, 0.1) is 0 Å². The standard InChI is InChI=1S/C12H10F3O2S/c13-12(14,15)10-6-7-11(18(10)16)17-8-9-4-2-1-3-5-9/h1-7,16H,8H2/q+1. The molecule has 1 unspecified atom stereocenters. The van der Waals surface area contributed by atoms with E-state index in [9.17, 15) is 17.7 Å². The van der Waals surface area contributed by atoms with Crippen molar-refractivity contribution in [3.8, 4) is 5.06 Å². The first-order valence-corrected chi connectivity index (χ1v) is 6.26. The summed E-state index contributed by atoms with van der Waals surface area (Å²) >= 11 is 0. The molecule has 0 aliphatic rings. The Balaban J connectivity index is 2.10. The molecule has 0 saturated carbocycles. The van der Waals surface area contributed by atoms with Gasteiger partial charge in [-0.1, -0.05) is 30.3 Å². The van der Waals surface area contributed by atoms with Crippen LogP contribution in [0.5, 0.6) is 5.06 Å². The summed E-state index contributed by atoms with van der Waals surface area (Å²) in [5, 5.41) is -0.0498. The van der Waals surface area contributed by atoms with Crippen molar-refractivity contribution in [2.75, 3.05) is 0 Å². The van der Waals surface area contributed by atoms with E-state index in [4.69, 9.17) is 4.74 Å². The molecule has 0 fully saturated rings. The van der Waals surface area contributed by atoms with Crippen molar-refractivity contribution in [3.05, 3.63) is 52.9 Å². The maximum absolute atomic E-state index is 12.4. The average Bonchev–Trinajstić information content (AvgIpc) is 2.69. The zero-order chi connectivity index (χ0) is 13.2. The highest BCUT2D eigenvalue weighted by atomic mass is 32.2. The molecular weight excluding hydrogens is 265 g/mol. The van der Waals surface area contributed by atoms with Crippen LogP contribution in [0.2, 0.25) is 0 Å². The highest BCUT2D eigenvalue weighted by Gasteiger charge is 2.44. The second-order valence-electron chi connectivity index (χ2n) is 3.57. The zero-order valence-corrected chi connectivity index (χ0v) is 9.96. The van der Waals surface area contributed by atoms with Crippen LogP contribution >= 0.6 is 10.8 Å². The van der Waals surface area contributed by atoms with E-state index in [-0.39, 0.29) is 11.7 Å². The fourth-order valence-electron chi connectivity index (χ4n) is 1.42. The molecule has 1 aromatic carbocycles. The molecule has 1 heterocycles. The third-order valence-electron chi connectivity index (χ3n) is 2.27. The maximum Gasteiger partial charge on any atom is 0.469 e. The molecule has 0 spiro atoms. The predicted molar refractivity (Wildman–Crippen MR) is 62.0 cm³/mol. The highest BCUT2D eigenvalue weighted by Crippen LogP contribution is 2.44. The van der Waals surface area contributed by atoms with Gasteiger partial charge in [-0.3, -0.25) is 0 Å². The van der Waals surface area contributed by atoms with E-state index < -0.39 is 21.8 Å². The van der Waals surface area contributed by atoms with E-state index >= 15 is 0 Å². The van der Waals surface area contributed by atoms with Gasteiger partial charge in [-0.05, 0) is 5.56 Å². The minimum absolute atomic E-state index is 0.0498. The van der Waals surface area contributed by atoms with Gasteiger partial charge in [0.2, 0.25) is 0 Å². The first-order valence-electron chi connectivity index (χ1n) is 5.08. The molecule has 2 rings (SSSR count). The summed E-state index contributed by atoms with van der Waals surface area (Å²) in [6, 6.07) is 11.0. The third-order valence-corrected chi connectivity index (χ3v) is 3.69. The molecule has 0 bridgehead atoms. The van der Waals surface area contributed by atoms with E-state index in [1.165, 1.54) is 0 Å². The largest absolute Gasteiger partial charge is 0.469 e. The summed E-state index contributed by atoms with van der Waals surface area (Å²) in [6.07, 6.45) is -4.52. The van der Waals surface area contributed by atoms with Crippen LogP contribution in [0, 0.1) is 0 Å². The first kappa shape index (κ1) is 12.9. The Kier molecular flexibility index (Phi) is 3.58. The van der Waals surface area contributed by atoms with Crippen molar-refractivity contribution >= 4 is 10.8 Å². The summed E-state index contributed by atoms with van der Waals surface area (Å²) < 4.78 is 52.0. The van der Waals surface area contributed by atoms with E-state index in [1.54, 1.807) is 24.3 Å². The number of rotatable bonds is 3. The van der Waals surface area contributed by atoms with Crippen LogP contribution < -0.4 is 4.74 Å². The number of hydrogen-bond acceptors (Lipinski definition) is 2. The molecule has 0 aliphatic carbocycles. The van der Waals surface area contributed by atoms with Crippen molar-refractivity contribution in [2.45, 2.75) is 12.8 Å². The monoisotopic (exact) mass is 275 g/mol. The van der Waals surface area contributed by atoms with Gasteiger partial charge in [-0.2, -0.15) is 17.7 Å². The second kappa shape index (κ2) is 4.99. The molecule has 0 radical (unpaired) electrons. The van der Waals surface area contributed by atoms with Gasteiger partial charge in [0, 0.05) is 12.1 Å². The smallest absolute Gasteiger partial charge is 0.446 e. The van der Waals surface area contributed by atoms with Gasteiger partial charge in [0.15, 0.2) is 10.8 Å². The van der Waals surface area contributed by atoms with Crippen molar-refractivity contribution in [3.63, 3.8) is 0 Å². The van der Waals surface area contributed by atoms with Crippen LogP contribution in [0.25, 0.3) is 0 Å². The van der Waals surface area contributed by atoms with Gasteiger partial charge < -0.3 is 4.74 Å². The maximum atomic E-state index is 12.4. The van der Waals surface area contributed by atoms with Gasteiger partial charge in [0.25, 0.3) is 4.88 Å². The molecule has 0 aliphatic heterocycles. The van der Waals surface area contributed by atoms with Crippen molar-refractivity contribution in [1.29, 1.82) is 0 Å². The number of benzene rings is 1. The number of halogens is 3. The van der Waals surface area contributed by atoms with Crippen LogP contribution in [-0.2, 0) is 12.8 Å². The van der Waals surface area contributed by atoms with Crippen LogP contribution in [0.3, 0.4) is 0 Å². The Bertz CT molecular complexity index is 520. The molecule has 96 valence electrons. The minimum Gasteiger partial charge on any atom is -0.446 e. The lowest BCUT2D eigenvalue weighted by Gasteiger charge is -2.01. The van der Waals surface area contributed by atoms with Crippen LogP contribution in [0.1, 0.15) is 10.4 Å². The van der Waals surface area contributed by atoms with Crippen LogP contribution in [-0.4, -0.2) is 4.55 Å². The summed E-state index contributed by atoms with van der Waals surface area (Å²) in [4.78, 5) is -0.967. The Morgan fingerprint density at radius 2 is 1.72 bits per heavy atom. The van der Waals surface area contributed by atoms with E-state index in [2.05, 4.69) is 0 Å². The minimum atomic E-state index is -4.52. The van der Waals surface area contributed by atoms with Crippen molar-refractivity contribution < 1.29 is 22.5 Å². The lowest BCUT2D eigenvalue weighted by Crippen LogP contribution is -2.02. The van der Waals surface area contributed by atoms with Gasteiger partial charge in [-0.15, -0.1) is 0 Å². The molecule has 1 N–H and O–H groups in total. The fraction of sp³-hybridized carbons (Fsp3) is 0.167. The van der Waals surface area contributed by atoms with E-state index in [0.29, 0.717) is 0 Å². The SMILES string of the molecule is O[s+]1c(OCc2ccccc2)ccc1C(F)(F)F. The molecule has 0 saturated heterocycles. The number of thiophene rings is 1. The molecule has 0 amide bonds. The normalized spacial score (nSPS) is 12.6. The quantitative estimate of drug-likeness (QED) is 0.852. The van der Waals surface area contributed by atoms with Gasteiger partial charge in [-0.25, -0.2) is 0 Å². The Hall–Kier alpha value is -1.53. The Labute approximate surface area is 104 Å². The number of alkyl halides is 3. The predicted octanol–water partition coefficient (Wildman–Crippen LogP) is 4.17. The molecule has 2 nitrogen and oxygen atoms in total. The lowest BCUT2D eigenvalue weighted by atomic mass is 10.2. The summed E-state index contributed by atoms with van der Waals surface area (Å²) in [6.45, 7) is 0.135. The Morgan fingerprint density at radius 3 is 2.28 bits per heavy atom. The van der Waals surface area contributed by atoms with Crippen LogP contribution in [0.15, 0.2) is 42.5 Å². The lowest BCUT2D eigenvalue weighted by molar-refractivity contribution is -0.134. The number of ether oxygens (including phenoxy) is 1. The van der Waals surface area contributed by atoms with E-state index in [0.717, 1.165) is 17.7 Å².